The molecule has 0 spiro atoms. The Morgan fingerprint density at radius 3 is 2.38 bits per heavy atom. The molecule has 0 atom stereocenters. The van der Waals surface area contributed by atoms with Crippen molar-refractivity contribution in [2.75, 3.05) is 18.8 Å². The molecule has 0 unspecified atom stereocenters. The molecular formula is C19H27N3O2. The van der Waals surface area contributed by atoms with Crippen LogP contribution in [-0.2, 0) is 7.05 Å². The molecule has 0 fully saturated rings. The molecule has 0 radical (unpaired) electrons. The van der Waals surface area contributed by atoms with E-state index in [0.29, 0.717) is 24.2 Å². The third-order valence-corrected chi connectivity index (χ3v) is 4.33. The number of amides is 1. The van der Waals surface area contributed by atoms with Crippen LogP contribution in [0.25, 0.3) is 10.9 Å². The smallest absolute Gasteiger partial charge is 0.259 e. The average Bonchev–Trinajstić information content (AvgIpc) is 2.57. The fourth-order valence-corrected chi connectivity index (χ4v) is 2.89. The minimum absolute atomic E-state index is 0.192. The summed E-state index contributed by atoms with van der Waals surface area (Å²) in [6.45, 7) is 5.55. The number of aromatic nitrogens is 1. The summed E-state index contributed by atoms with van der Waals surface area (Å²) >= 11 is 0. The molecule has 5 nitrogen and oxygen atoms in total. The largest absolute Gasteiger partial charge is 0.398 e. The number of carbonyl (C=O) groups is 1. The zero-order chi connectivity index (χ0) is 17.7. The van der Waals surface area contributed by atoms with Gasteiger partial charge in [0.25, 0.3) is 5.91 Å². The lowest BCUT2D eigenvalue weighted by Gasteiger charge is -2.23. The van der Waals surface area contributed by atoms with Gasteiger partial charge in [0, 0.05) is 32.0 Å². The molecule has 0 saturated carbocycles. The van der Waals surface area contributed by atoms with Gasteiger partial charge in [0.1, 0.15) is 5.56 Å². The highest BCUT2D eigenvalue weighted by atomic mass is 16.2. The van der Waals surface area contributed by atoms with Crippen molar-refractivity contribution in [1.82, 2.24) is 9.47 Å². The lowest BCUT2D eigenvalue weighted by Crippen LogP contribution is -2.36. The van der Waals surface area contributed by atoms with Gasteiger partial charge in [-0.3, -0.25) is 9.59 Å². The monoisotopic (exact) mass is 329 g/mol. The van der Waals surface area contributed by atoms with E-state index in [9.17, 15) is 9.59 Å². The molecule has 0 aliphatic rings. The minimum Gasteiger partial charge on any atom is -0.398 e. The number of carbonyl (C=O) groups excluding carboxylic acids is 1. The van der Waals surface area contributed by atoms with Crippen molar-refractivity contribution < 1.29 is 4.79 Å². The molecule has 1 amide bonds. The molecule has 0 bridgehead atoms. The van der Waals surface area contributed by atoms with Crippen molar-refractivity contribution in [3.8, 4) is 0 Å². The standard InChI is InChI=1S/C19H27N3O2/c1-4-6-11-22(12-7-5-2)19(24)14-13-21(3)16-10-8-9-15(20)17(16)18(14)23/h8-10,13H,4-7,11-12,20H2,1-3H3. The summed E-state index contributed by atoms with van der Waals surface area (Å²) in [4.78, 5) is 27.6. The first-order valence-corrected chi connectivity index (χ1v) is 8.68. The Kier molecular flexibility index (Phi) is 6.01. The Bertz CT molecular complexity index is 772. The quantitative estimate of drug-likeness (QED) is 0.793. The van der Waals surface area contributed by atoms with E-state index in [0.717, 1.165) is 31.2 Å². The number of benzene rings is 1. The highest BCUT2D eigenvalue weighted by molar-refractivity contribution is 6.00. The Hall–Kier alpha value is -2.30. The van der Waals surface area contributed by atoms with E-state index >= 15 is 0 Å². The molecule has 0 aliphatic carbocycles. The summed E-state index contributed by atoms with van der Waals surface area (Å²) in [5.41, 5.74) is 7.08. The van der Waals surface area contributed by atoms with Crippen LogP contribution in [0.5, 0.6) is 0 Å². The molecule has 1 aromatic heterocycles. The SMILES string of the molecule is CCCCN(CCCC)C(=O)c1cn(C)c2cccc(N)c2c1=O. The van der Waals surface area contributed by atoms with Gasteiger partial charge in [-0.2, -0.15) is 0 Å². The average molecular weight is 329 g/mol. The minimum atomic E-state index is -0.274. The van der Waals surface area contributed by atoms with E-state index in [-0.39, 0.29) is 16.9 Å². The number of pyridine rings is 1. The molecule has 130 valence electrons. The Labute approximate surface area is 143 Å². The zero-order valence-corrected chi connectivity index (χ0v) is 14.8. The van der Waals surface area contributed by atoms with Crippen LogP contribution >= 0.6 is 0 Å². The third kappa shape index (κ3) is 3.61. The predicted octanol–water partition coefficient (Wildman–Crippen LogP) is 3.16. The fraction of sp³-hybridized carbons (Fsp3) is 0.474. The molecule has 0 saturated heterocycles. The second kappa shape index (κ2) is 7.99. The number of nitrogens with zero attached hydrogens (tertiary/aromatic N) is 2. The maximum Gasteiger partial charge on any atom is 0.259 e. The fourth-order valence-electron chi connectivity index (χ4n) is 2.89. The Morgan fingerprint density at radius 2 is 1.79 bits per heavy atom. The summed E-state index contributed by atoms with van der Waals surface area (Å²) in [6, 6.07) is 5.35. The lowest BCUT2D eigenvalue weighted by molar-refractivity contribution is 0.0749. The molecule has 2 rings (SSSR count). The molecule has 1 heterocycles. The van der Waals surface area contributed by atoms with Crippen LogP contribution in [0, 0.1) is 0 Å². The van der Waals surface area contributed by atoms with Gasteiger partial charge in [0.2, 0.25) is 5.43 Å². The lowest BCUT2D eigenvalue weighted by atomic mass is 10.1. The number of anilines is 1. The normalized spacial score (nSPS) is 11.0. The van der Waals surface area contributed by atoms with Crippen LogP contribution in [-0.4, -0.2) is 28.5 Å². The molecule has 0 aliphatic heterocycles. The van der Waals surface area contributed by atoms with E-state index in [1.54, 1.807) is 21.7 Å². The molecule has 5 heteroatoms. The first-order valence-electron chi connectivity index (χ1n) is 8.68. The van der Waals surface area contributed by atoms with Crippen LogP contribution in [0.2, 0.25) is 0 Å². The number of nitrogen functional groups attached to an aromatic ring is 1. The number of rotatable bonds is 7. The van der Waals surface area contributed by atoms with Crippen LogP contribution in [0.1, 0.15) is 49.9 Å². The van der Waals surface area contributed by atoms with Crippen LogP contribution < -0.4 is 11.2 Å². The van der Waals surface area contributed by atoms with Crippen molar-refractivity contribution >= 4 is 22.5 Å². The molecule has 2 N–H and O–H groups in total. The summed E-state index contributed by atoms with van der Waals surface area (Å²) in [5.74, 6) is -0.192. The summed E-state index contributed by atoms with van der Waals surface area (Å²) < 4.78 is 1.80. The number of nitrogens with two attached hydrogens (primary N) is 1. The summed E-state index contributed by atoms with van der Waals surface area (Å²) in [5, 5.41) is 0.428. The Morgan fingerprint density at radius 1 is 1.17 bits per heavy atom. The van der Waals surface area contributed by atoms with Crippen molar-refractivity contribution in [1.29, 1.82) is 0 Å². The zero-order valence-electron chi connectivity index (χ0n) is 14.8. The van der Waals surface area contributed by atoms with Gasteiger partial charge in [-0.15, -0.1) is 0 Å². The number of unbranched alkanes of at least 4 members (excludes halogenated alkanes) is 2. The van der Waals surface area contributed by atoms with Crippen LogP contribution in [0.4, 0.5) is 5.69 Å². The summed E-state index contributed by atoms with van der Waals surface area (Å²) in [6.07, 6.45) is 5.53. The summed E-state index contributed by atoms with van der Waals surface area (Å²) in [7, 11) is 1.83. The van der Waals surface area contributed by atoms with Crippen molar-refractivity contribution in [3.63, 3.8) is 0 Å². The molecule has 24 heavy (non-hydrogen) atoms. The van der Waals surface area contributed by atoms with Gasteiger partial charge in [-0.1, -0.05) is 32.8 Å². The number of hydrogen-bond acceptors (Lipinski definition) is 3. The molecule has 2 aromatic rings. The van der Waals surface area contributed by atoms with Crippen molar-refractivity contribution in [2.24, 2.45) is 7.05 Å². The highest BCUT2D eigenvalue weighted by Gasteiger charge is 2.21. The van der Waals surface area contributed by atoms with E-state index in [2.05, 4.69) is 13.8 Å². The maximum atomic E-state index is 13.0. The van der Waals surface area contributed by atoms with Gasteiger partial charge < -0.3 is 15.2 Å². The predicted molar refractivity (Wildman–Crippen MR) is 99.3 cm³/mol. The van der Waals surface area contributed by atoms with Crippen LogP contribution in [0.3, 0.4) is 0 Å². The van der Waals surface area contributed by atoms with E-state index in [1.807, 2.05) is 19.2 Å². The van der Waals surface area contributed by atoms with Gasteiger partial charge >= 0.3 is 0 Å². The van der Waals surface area contributed by atoms with E-state index in [4.69, 9.17) is 5.73 Å². The molecular weight excluding hydrogens is 302 g/mol. The van der Waals surface area contributed by atoms with E-state index in [1.165, 1.54) is 0 Å². The number of aryl methyl sites for hydroxylation is 1. The van der Waals surface area contributed by atoms with Gasteiger partial charge in [0.05, 0.1) is 10.9 Å². The Balaban J connectivity index is 2.49. The van der Waals surface area contributed by atoms with E-state index < -0.39 is 0 Å². The molecule has 1 aromatic carbocycles. The highest BCUT2D eigenvalue weighted by Crippen LogP contribution is 2.18. The van der Waals surface area contributed by atoms with Crippen molar-refractivity contribution in [2.45, 2.75) is 39.5 Å². The maximum absolute atomic E-state index is 13.0. The van der Waals surface area contributed by atoms with Gasteiger partial charge in [0.15, 0.2) is 0 Å². The van der Waals surface area contributed by atoms with Gasteiger partial charge in [-0.05, 0) is 25.0 Å². The second-order valence-corrected chi connectivity index (χ2v) is 6.22. The van der Waals surface area contributed by atoms with Crippen molar-refractivity contribution in [3.05, 3.63) is 40.2 Å². The van der Waals surface area contributed by atoms with Gasteiger partial charge in [-0.25, -0.2) is 0 Å². The number of hydrogen-bond donors (Lipinski definition) is 1. The third-order valence-electron chi connectivity index (χ3n) is 4.33. The second-order valence-electron chi connectivity index (χ2n) is 6.22. The first kappa shape index (κ1) is 18.0. The number of fused-ring (bicyclic) bond motifs is 1. The topological polar surface area (TPSA) is 68.3 Å². The van der Waals surface area contributed by atoms with Crippen LogP contribution in [0.15, 0.2) is 29.2 Å². The first-order chi connectivity index (χ1) is 11.5.